The molecule has 19 heavy (non-hydrogen) atoms. The summed E-state index contributed by atoms with van der Waals surface area (Å²) in [6, 6.07) is 8.85. The van der Waals surface area contributed by atoms with Gasteiger partial charge in [0.25, 0.3) is 0 Å². The van der Waals surface area contributed by atoms with Crippen LogP contribution in [0.3, 0.4) is 0 Å². The van der Waals surface area contributed by atoms with E-state index in [1.165, 1.54) is 24.3 Å². The fourth-order valence-electron chi connectivity index (χ4n) is 2.47. The minimum atomic E-state index is -0.355. The van der Waals surface area contributed by atoms with Crippen LogP contribution in [-0.4, -0.2) is 10.9 Å². The van der Waals surface area contributed by atoms with Crippen molar-refractivity contribution in [2.45, 2.75) is 13.0 Å². The van der Waals surface area contributed by atoms with Crippen LogP contribution in [0, 0.1) is 11.6 Å². The smallest absolute Gasteiger partial charge is 0.123 e. The molecular formula is C15H11F2NO. The molecule has 0 radical (unpaired) electrons. The third-order valence-corrected chi connectivity index (χ3v) is 3.26. The molecule has 0 N–H and O–H groups in total. The maximum atomic E-state index is 13.4. The number of carbonyl (C=O) groups excluding carboxylic acids is 1. The monoisotopic (exact) mass is 259 g/mol. The van der Waals surface area contributed by atoms with Crippen molar-refractivity contribution in [2.75, 3.05) is 0 Å². The predicted octanol–water partition coefficient (Wildman–Crippen LogP) is 3.66. The molecule has 3 rings (SSSR count). The lowest BCUT2D eigenvalue weighted by Gasteiger charge is -2.04. The summed E-state index contributed by atoms with van der Waals surface area (Å²) < 4.78 is 28.6. The van der Waals surface area contributed by atoms with E-state index >= 15 is 0 Å². The Morgan fingerprint density at radius 1 is 0.947 bits per heavy atom. The Morgan fingerprint density at radius 3 is 1.95 bits per heavy atom. The lowest BCUT2D eigenvalue weighted by molar-refractivity contribution is -0.108. The van der Waals surface area contributed by atoms with E-state index in [1.807, 2.05) is 4.57 Å². The van der Waals surface area contributed by atoms with Crippen LogP contribution in [-0.2, 0) is 11.3 Å². The Balaban J connectivity index is 2.39. The number of aryl methyl sites for hydroxylation is 1. The average Bonchev–Trinajstić information content (AvgIpc) is 2.69. The van der Waals surface area contributed by atoms with Gasteiger partial charge in [0.2, 0.25) is 0 Å². The van der Waals surface area contributed by atoms with E-state index in [-0.39, 0.29) is 11.6 Å². The maximum Gasteiger partial charge on any atom is 0.123 e. The molecule has 0 fully saturated rings. The number of aldehydes is 1. The second-order valence-corrected chi connectivity index (χ2v) is 4.43. The van der Waals surface area contributed by atoms with Crippen LogP contribution < -0.4 is 0 Å². The zero-order valence-electron chi connectivity index (χ0n) is 10.1. The van der Waals surface area contributed by atoms with Crippen molar-refractivity contribution in [3.8, 4) is 0 Å². The SMILES string of the molecule is O=CCCn1c2ccc(F)cc2c2cc(F)ccc21. The molecule has 0 saturated carbocycles. The second kappa shape index (κ2) is 4.46. The Labute approximate surface area is 108 Å². The summed E-state index contributed by atoms with van der Waals surface area (Å²) in [5, 5.41) is 1.33. The molecule has 0 saturated heterocycles. The lowest BCUT2D eigenvalue weighted by Crippen LogP contribution is -1.98. The van der Waals surface area contributed by atoms with Gasteiger partial charge in [-0.15, -0.1) is 0 Å². The summed E-state index contributed by atoms with van der Waals surface area (Å²) in [5.74, 6) is -0.711. The second-order valence-electron chi connectivity index (χ2n) is 4.43. The zero-order chi connectivity index (χ0) is 13.4. The number of rotatable bonds is 3. The van der Waals surface area contributed by atoms with E-state index in [2.05, 4.69) is 0 Å². The molecule has 0 unspecified atom stereocenters. The van der Waals surface area contributed by atoms with Crippen molar-refractivity contribution in [3.63, 3.8) is 0 Å². The third kappa shape index (κ3) is 1.89. The summed E-state index contributed by atoms with van der Waals surface area (Å²) in [5.41, 5.74) is 1.62. The Kier molecular flexibility index (Phi) is 2.78. The van der Waals surface area contributed by atoms with Gasteiger partial charge in [-0.2, -0.15) is 0 Å². The molecule has 0 aliphatic rings. The van der Waals surface area contributed by atoms with Gasteiger partial charge in [-0.1, -0.05) is 0 Å². The van der Waals surface area contributed by atoms with Gasteiger partial charge >= 0.3 is 0 Å². The number of carbonyl (C=O) groups is 1. The fourth-order valence-corrected chi connectivity index (χ4v) is 2.47. The quantitative estimate of drug-likeness (QED) is 0.658. The molecule has 0 amide bonds. The molecule has 0 aliphatic carbocycles. The van der Waals surface area contributed by atoms with Gasteiger partial charge in [-0.25, -0.2) is 8.78 Å². The van der Waals surface area contributed by atoms with Crippen LogP contribution >= 0.6 is 0 Å². The van der Waals surface area contributed by atoms with E-state index in [0.717, 1.165) is 17.3 Å². The van der Waals surface area contributed by atoms with Crippen molar-refractivity contribution in [1.29, 1.82) is 0 Å². The zero-order valence-corrected chi connectivity index (χ0v) is 10.1. The van der Waals surface area contributed by atoms with Crippen LogP contribution in [0.5, 0.6) is 0 Å². The van der Waals surface area contributed by atoms with Crippen LogP contribution in [0.2, 0.25) is 0 Å². The molecular weight excluding hydrogens is 248 g/mol. The highest BCUT2D eigenvalue weighted by Gasteiger charge is 2.11. The Bertz CT molecular complexity index is 717. The molecule has 96 valence electrons. The largest absolute Gasteiger partial charge is 0.340 e. The molecule has 1 aromatic heterocycles. The Hall–Kier alpha value is -2.23. The van der Waals surface area contributed by atoms with E-state index in [9.17, 15) is 13.6 Å². The van der Waals surface area contributed by atoms with Crippen molar-refractivity contribution < 1.29 is 13.6 Å². The highest BCUT2D eigenvalue weighted by Crippen LogP contribution is 2.30. The molecule has 2 nitrogen and oxygen atoms in total. The number of hydrogen-bond donors (Lipinski definition) is 0. The van der Waals surface area contributed by atoms with Gasteiger partial charge in [-0.05, 0) is 36.4 Å². The van der Waals surface area contributed by atoms with Crippen molar-refractivity contribution in [1.82, 2.24) is 4.57 Å². The molecule has 4 heteroatoms. The first-order valence-electron chi connectivity index (χ1n) is 6.01. The van der Waals surface area contributed by atoms with Crippen LogP contribution in [0.1, 0.15) is 6.42 Å². The van der Waals surface area contributed by atoms with Crippen molar-refractivity contribution >= 4 is 28.1 Å². The summed E-state index contributed by atoms with van der Waals surface area (Å²) in [6.45, 7) is 0.501. The van der Waals surface area contributed by atoms with Gasteiger partial charge < -0.3 is 9.36 Å². The number of halogens is 2. The topological polar surface area (TPSA) is 22.0 Å². The van der Waals surface area contributed by atoms with Crippen LogP contribution in [0.15, 0.2) is 36.4 Å². The Morgan fingerprint density at radius 2 is 1.47 bits per heavy atom. The lowest BCUT2D eigenvalue weighted by atomic mass is 10.1. The van der Waals surface area contributed by atoms with Gasteiger partial charge in [-0.3, -0.25) is 0 Å². The number of hydrogen-bond acceptors (Lipinski definition) is 1. The van der Waals surface area contributed by atoms with Gasteiger partial charge in [0, 0.05) is 34.8 Å². The number of aromatic nitrogens is 1. The molecule has 0 bridgehead atoms. The predicted molar refractivity (Wildman–Crippen MR) is 70.0 cm³/mol. The van der Waals surface area contributed by atoms with Gasteiger partial charge in [0.15, 0.2) is 0 Å². The highest BCUT2D eigenvalue weighted by atomic mass is 19.1. The fraction of sp³-hybridized carbons (Fsp3) is 0.133. The van der Waals surface area contributed by atoms with Gasteiger partial charge in [0.1, 0.15) is 17.9 Å². The summed E-state index contributed by atoms with van der Waals surface area (Å²) in [4.78, 5) is 10.5. The van der Waals surface area contributed by atoms with E-state index in [4.69, 9.17) is 0 Å². The van der Waals surface area contributed by atoms with Gasteiger partial charge in [0.05, 0.1) is 0 Å². The van der Waals surface area contributed by atoms with Crippen LogP contribution in [0.25, 0.3) is 21.8 Å². The van der Waals surface area contributed by atoms with Crippen LogP contribution in [0.4, 0.5) is 8.78 Å². The van der Waals surface area contributed by atoms with Crippen molar-refractivity contribution in [3.05, 3.63) is 48.0 Å². The van der Waals surface area contributed by atoms with E-state index < -0.39 is 0 Å². The molecule has 1 heterocycles. The minimum Gasteiger partial charge on any atom is -0.340 e. The maximum absolute atomic E-state index is 13.4. The molecule has 0 aliphatic heterocycles. The molecule has 3 aromatic rings. The minimum absolute atomic E-state index is 0.355. The highest BCUT2D eigenvalue weighted by molar-refractivity contribution is 6.08. The number of fused-ring (bicyclic) bond motifs is 3. The first-order chi connectivity index (χ1) is 9.20. The number of benzene rings is 2. The van der Waals surface area contributed by atoms with E-state index in [0.29, 0.717) is 23.7 Å². The summed E-state index contributed by atoms with van der Waals surface area (Å²) in [6.07, 6.45) is 1.21. The van der Waals surface area contributed by atoms with Crippen molar-refractivity contribution in [2.24, 2.45) is 0 Å². The normalized spacial score (nSPS) is 11.3. The standard InChI is InChI=1S/C15H11F2NO/c16-10-2-4-14-12(8-10)13-9-11(17)3-5-15(13)18(14)6-1-7-19/h2-5,7-9H,1,6H2. The molecule has 0 spiro atoms. The first-order valence-corrected chi connectivity index (χ1v) is 6.01. The van der Waals surface area contributed by atoms with E-state index in [1.54, 1.807) is 12.1 Å². The molecule has 2 aromatic carbocycles. The average molecular weight is 259 g/mol. The molecule has 0 atom stereocenters. The summed E-state index contributed by atoms with van der Waals surface area (Å²) >= 11 is 0. The number of nitrogens with zero attached hydrogens (tertiary/aromatic N) is 1. The summed E-state index contributed by atoms with van der Waals surface area (Å²) in [7, 11) is 0. The first kappa shape index (κ1) is 11.8. The third-order valence-electron chi connectivity index (χ3n) is 3.26.